The van der Waals surface area contributed by atoms with Crippen LogP contribution in [0.2, 0.25) is 0 Å². The molecule has 2 fully saturated rings. The molecule has 2 aromatic rings. The maximum atomic E-state index is 2.39. The van der Waals surface area contributed by atoms with Crippen molar-refractivity contribution in [3.63, 3.8) is 0 Å². The Balaban J connectivity index is 1.79. The van der Waals surface area contributed by atoms with Crippen molar-refractivity contribution in [2.24, 2.45) is 10.8 Å². The molecule has 0 heterocycles. The first kappa shape index (κ1) is 10.5. The summed E-state index contributed by atoms with van der Waals surface area (Å²) in [5.41, 5.74) is 4.64. The molecule has 2 saturated carbocycles. The molecule has 19 heavy (non-hydrogen) atoms. The Morgan fingerprint density at radius 3 is 1.68 bits per heavy atom. The lowest BCUT2D eigenvalue weighted by atomic mass is 9.76. The lowest BCUT2D eigenvalue weighted by molar-refractivity contribution is 0.325. The predicted molar refractivity (Wildman–Crippen MR) is 79.3 cm³/mol. The second-order valence-corrected chi connectivity index (χ2v) is 7.46. The van der Waals surface area contributed by atoms with E-state index >= 15 is 0 Å². The molecule has 2 aromatic carbocycles. The summed E-state index contributed by atoms with van der Waals surface area (Å²) in [7, 11) is 0. The van der Waals surface area contributed by atoms with Crippen LogP contribution in [0.25, 0.3) is 10.8 Å². The Hall–Kier alpha value is -1.30. The first-order valence-corrected chi connectivity index (χ1v) is 7.77. The summed E-state index contributed by atoms with van der Waals surface area (Å²) in [6, 6.07) is 13.9. The van der Waals surface area contributed by atoms with Crippen LogP contribution < -0.4 is 0 Å². The monoisotopic (exact) mass is 248 g/mol. The van der Waals surface area contributed by atoms with Crippen molar-refractivity contribution in [3.05, 3.63) is 47.5 Å². The third-order valence-electron chi connectivity index (χ3n) is 5.87. The Morgan fingerprint density at radius 1 is 0.684 bits per heavy atom. The molecule has 3 aliphatic rings. The van der Waals surface area contributed by atoms with Gasteiger partial charge in [-0.15, -0.1) is 0 Å². The molecule has 2 spiro atoms. The summed E-state index contributed by atoms with van der Waals surface area (Å²) < 4.78 is 0. The van der Waals surface area contributed by atoms with E-state index in [9.17, 15) is 0 Å². The zero-order chi connectivity index (χ0) is 12.5. The standard InChI is InChI=1S/C19H20/c1-3-14-4-2-6-16-12-19(9-10-19)13-18(7-8-18)11-15(5-1)17(14)16/h1-6H,7-13H2. The van der Waals surface area contributed by atoms with Gasteiger partial charge in [-0.05, 0) is 77.7 Å². The maximum absolute atomic E-state index is 2.39. The Morgan fingerprint density at radius 2 is 1.21 bits per heavy atom. The van der Waals surface area contributed by atoms with Gasteiger partial charge in [-0.25, -0.2) is 0 Å². The maximum Gasteiger partial charge on any atom is -0.0119 e. The quantitative estimate of drug-likeness (QED) is 0.622. The molecule has 3 aliphatic carbocycles. The van der Waals surface area contributed by atoms with E-state index in [-0.39, 0.29) is 0 Å². The van der Waals surface area contributed by atoms with Crippen molar-refractivity contribution >= 4 is 10.8 Å². The van der Waals surface area contributed by atoms with Crippen molar-refractivity contribution in [3.8, 4) is 0 Å². The van der Waals surface area contributed by atoms with E-state index in [1.807, 2.05) is 0 Å². The van der Waals surface area contributed by atoms with Gasteiger partial charge in [0.15, 0.2) is 0 Å². The van der Waals surface area contributed by atoms with Gasteiger partial charge in [0.05, 0.1) is 0 Å². The van der Waals surface area contributed by atoms with Crippen molar-refractivity contribution in [2.75, 3.05) is 0 Å². The molecular weight excluding hydrogens is 228 g/mol. The molecule has 0 heteroatoms. The van der Waals surface area contributed by atoms with Gasteiger partial charge >= 0.3 is 0 Å². The van der Waals surface area contributed by atoms with Crippen LogP contribution in [-0.2, 0) is 12.8 Å². The highest BCUT2D eigenvalue weighted by molar-refractivity contribution is 5.89. The molecule has 0 bridgehead atoms. The van der Waals surface area contributed by atoms with Gasteiger partial charge in [0.25, 0.3) is 0 Å². The van der Waals surface area contributed by atoms with E-state index in [1.54, 1.807) is 16.5 Å². The average Bonchev–Trinajstić information content (AvgIpc) is 3.30. The van der Waals surface area contributed by atoms with Crippen LogP contribution in [0.15, 0.2) is 36.4 Å². The third kappa shape index (κ3) is 1.52. The summed E-state index contributed by atoms with van der Waals surface area (Å²) in [4.78, 5) is 0. The van der Waals surface area contributed by atoms with E-state index in [0.717, 1.165) is 0 Å². The Labute approximate surface area is 114 Å². The van der Waals surface area contributed by atoms with Crippen LogP contribution >= 0.6 is 0 Å². The third-order valence-corrected chi connectivity index (χ3v) is 5.87. The second kappa shape index (κ2) is 3.23. The van der Waals surface area contributed by atoms with Crippen LogP contribution in [0.5, 0.6) is 0 Å². The fraction of sp³-hybridized carbons (Fsp3) is 0.474. The number of benzene rings is 2. The average molecular weight is 248 g/mol. The normalized spacial score (nSPS) is 25.3. The van der Waals surface area contributed by atoms with E-state index in [4.69, 9.17) is 0 Å². The van der Waals surface area contributed by atoms with Crippen molar-refractivity contribution in [2.45, 2.75) is 44.9 Å². The van der Waals surface area contributed by atoms with E-state index < -0.39 is 0 Å². The van der Waals surface area contributed by atoms with Crippen molar-refractivity contribution in [1.29, 1.82) is 0 Å². The zero-order valence-corrected chi connectivity index (χ0v) is 11.4. The molecule has 0 aromatic heterocycles. The minimum Gasteiger partial charge on any atom is -0.0614 e. The molecule has 0 N–H and O–H groups in total. The number of hydrogen-bond acceptors (Lipinski definition) is 0. The first-order valence-electron chi connectivity index (χ1n) is 7.77. The smallest absolute Gasteiger partial charge is 0.0119 e. The van der Waals surface area contributed by atoms with Crippen LogP contribution in [0.3, 0.4) is 0 Å². The Kier molecular flexibility index (Phi) is 1.78. The van der Waals surface area contributed by atoms with Crippen LogP contribution in [0.4, 0.5) is 0 Å². The molecule has 0 atom stereocenters. The molecule has 0 nitrogen and oxygen atoms in total. The van der Waals surface area contributed by atoms with Crippen molar-refractivity contribution < 1.29 is 0 Å². The summed E-state index contributed by atoms with van der Waals surface area (Å²) in [6.45, 7) is 0. The predicted octanol–water partition coefficient (Wildman–Crippen LogP) is 4.89. The fourth-order valence-corrected chi connectivity index (χ4v) is 4.59. The van der Waals surface area contributed by atoms with Crippen LogP contribution in [-0.4, -0.2) is 0 Å². The molecule has 0 radical (unpaired) electrons. The molecule has 5 rings (SSSR count). The Bertz CT molecular complexity index is 617. The largest absolute Gasteiger partial charge is 0.0614 e. The van der Waals surface area contributed by atoms with Gasteiger partial charge in [0.1, 0.15) is 0 Å². The topological polar surface area (TPSA) is 0 Å². The molecule has 0 amide bonds. The van der Waals surface area contributed by atoms with Crippen molar-refractivity contribution in [1.82, 2.24) is 0 Å². The minimum atomic E-state index is 0.693. The van der Waals surface area contributed by atoms with Gasteiger partial charge in [0.2, 0.25) is 0 Å². The van der Waals surface area contributed by atoms with E-state index in [1.165, 1.54) is 50.3 Å². The lowest BCUT2D eigenvalue weighted by Crippen LogP contribution is -2.18. The highest BCUT2D eigenvalue weighted by Gasteiger charge is 2.54. The van der Waals surface area contributed by atoms with E-state index in [2.05, 4.69) is 36.4 Å². The summed E-state index contributed by atoms with van der Waals surface area (Å²) >= 11 is 0. The van der Waals surface area contributed by atoms with E-state index in [0.29, 0.717) is 10.8 Å². The summed E-state index contributed by atoms with van der Waals surface area (Å²) in [6.07, 6.45) is 10.1. The highest BCUT2D eigenvalue weighted by Crippen LogP contribution is 2.65. The first-order chi connectivity index (χ1) is 9.28. The second-order valence-electron chi connectivity index (χ2n) is 7.46. The molecule has 0 aliphatic heterocycles. The van der Waals surface area contributed by atoms with Crippen LogP contribution in [0, 0.1) is 10.8 Å². The zero-order valence-electron chi connectivity index (χ0n) is 11.4. The highest BCUT2D eigenvalue weighted by atomic mass is 14.6. The lowest BCUT2D eigenvalue weighted by Gasteiger charge is -2.28. The molecule has 0 unspecified atom stereocenters. The number of hydrogen-bond donors (Lipinski definition) is 0. The summed E-state index contributed by atoms with van der Waals surface area (Å²) in [5.74, 6) is 0. The van der Waals surface area contributed by atoms with Gasteiger partial charge in [-0.3, -0.25) is 0 Å². The SMILES string of the molecule is c1cc2c3c(cccc3c1)CC1(CC1)CC1(CC1)C2. The summed E-state index contributed by atoms with van der Waals surface area (Å²) in [5, 5.41) is 3.06. The van der Waals surface area contributed by atoms with Gasteiger partial charge in [0, 0.05) is 0 Å². The van der Waals surface area contributed by atoms with Gasteiger partial charge in [-0.1, -0.05) is 36.4 Å². The number of rotatable bonds is 0. The van der Waals surface area contributed by atoms with Gasteiger partial charge in [-0.2, -0.15) is 0 Å². The molecular formula is C19H20. The minimum absolute atomic E-state index is 0.693. The molecule has 0 saturated heterocycles. The fourth-order valence-electron chi connectivity index (χ4n) is 4.59. The van der Waals surface area contributed by atoms with Crippen LogP contribution in [0.1, 0.15) is 43.2 Å². The van der Waals surface area contributed by atoms with Gasteiger partial charge < -0.3 is 0 Å². The molecule has 96 valence electrons.